The van der Waals surface area contributed by atoms with Gasteiger partial charge in [-0.3, -0.25) is 4.98 Å². The maximum absolute atomic E-state index is 9.97. The molecule has 0 spiro atoms. The summed E-state index contributed by atoms with van der Waals surface area (Å²) in [5, 5.41) is 8.84. The first-order chi connectivity index (χ1) is 4.83. The molecule has 0 saturated heterocycles. The molecule has 1 atom stereocenters. The van der Waals surface area contributed by atoms with Crippen LogP contribution in [0.2, 0.25) is 0 Å². The summed E-state index contributed by atoms with van der Waals surface area (Å²) in [5.41, 5.74) is 1.67. The third-order valence-corrected chi connectivity index (χ3v) is 1.85. The Hall–Kier alpha value is -0.740. The number of carbonyl (C=O) groups excluding carboxylic acids is 1. The third-order valence-electron chi connectivity index (χ3n) is 1.05. The quantitative estimate of drug-likeness (QED) is 0.640. The van der Waals surface area contributed by atoms with Crippen molar-refractivity contribution in [2.24, 2.45) is 0 Å². The summed E-state index contributed by atoms with van der Waals surface area (Å²) in [6.45, 7) is 0. The van der Waals surface area contributed by atoms with E-state index in [1.165, 1.54) is 11.3 Å². The molecule has 1 aromatic rings. The molecule has 1 N–H and O–H groups in total. The number of nitrogens with zero attached hydrogens (tertiary/aromatic N) is 1. The van der Waals surface area contributed by atoms with Crippen LogP contribution in [-0.4, -0.2) is 22.5 Å². The van der Waals surface area contributed by atoms with Crippen LogP contribution >= 0.6 is 11.3 Å². The van der Waals surface area contributed by atoms with Crippen molar-refractivity contribution in [1.29, 1.82) is 0 Å². The van der Waals surface area contributed by atoms with E-state index < -0.39 is 6.10 Å². The minimum absolute atomic E-state index is 0.383. The fourth-order valence-corrected chi connectivity index (χ4v) is 1.24. The summed E-state index contributed by atoms with van der Waals surface area (Å²) < 4.78 is 0. The first-order valence-corrected chi connectivity index (χ1v) is 3.71. The van der Waals surface area contributed by atoms with Gasteiger partial charge in [-0.05, 0) is 0 Å². The van der Waals surface area contributed by atoms with E-state index in [0.717, 1.165) is 4.88 Å². The molecule has 0 amide bonds. The van der Waals surface area contributed by atoms with Crippen molar-refractivity contribution < 1.29 is 9.90 Å². The molecule has 1 aromatic heterocycles. The topological polar surface area (TPSA) is 50.2 Å². The minimum Gasteiger partial charge on any atom is -0.385 e. The van der Waals surface area contributed by atoms with Crippen LogP contribution in [0.4, 0.5) is 0 Å². The van der Waals surface area contributed by atoms with Crippen molar-refractivity contribution in [2.75, 3.05) is 0 Å². The molecule has 54 valence electrons. The Kier molecular flexibility index (Phi) is 2.53. The van der Waals surface area contributed by atoms with Crippen LogP contribution in [0.15, 0.2) is 11.7 Å². The van der Waals surface area contributed by atoms with E-state index in [2.05, 4.69) is 4.98 Å². The molecule has 0 saturated carbocycles. The van der Waals surface area contributed by atoms with Gasteiger partial charge in [0.2, 0.25) is 0 Å². The molecule has 0 aliphatic rings. The fraction of sp³-hybridized carbons (Fsp3) is 0.333. The van der Waals surface area contributed by atoms with Crippen LogP contribution < -0.4 is 0 Å². The Morgan fingerprint density at radius 3 is 3.20 bits per heavy atom. The van der Waals surface area contributed by atoms with Gasteiger partial charge >= 0.3 is 0 Å². The lowest BCUT2D eigenvalue weighted by molar-refractivity contribution is -0.114. The molecule has 0 fully saturated rings. The average molecular weight is 157 g/mol. The number of carbonyl (C=O) groups is 1. The molecular formula is C6H7NO2S. The molecule has 1 heterocycles. The van der Waals surface area contributed by atoms with Gasteiger partial charge in [-0.1, -0.05) is 0 Å². The zero-order valence-electron chi connectivity index (χ0n) is 5.23. The highest BCUT2D eigenvalue weighted by Crippen LogP contribution is 2.07. The number of rotatable bonds is 3. The molecule has 0 aromatic carbocycles. The van der Waals surface area contributed by atoms with Gasteiger partial charge in [0.25, 0.3) is 0 Å². The standard InChI is InChI=1S/C6H7NO2S/c8-3-5(9)1-6-2-7-4-10-6/h2-5,9H,1H2. The van der Waals surface area contributed by atoms with Crippen molar-refractivity contribution in [3.8, 4) is 0 Å². The van der Waals surface area contributed by atoms with Gasteiger partial charge in [-0.2, -0.15) is 0 Å². The largest absolute Gasteiger partial charge is 0.385 e. The predicted octanol–water partition coefficient (Wildman–Crippen LogP) is 0.245. The number of aliphatic hydroxyl groups is 1. The Bertz CT molecular complexity index is 198. The van der Waals surface area contributed by atoms with Crippen LogP contribution in [0.5, 0.6) is 0 Å². The van der Waals surface area contributed by atoms with Crippen molar-refractivity contribution >= 4 is 17.6 Å². The Morgan fingerprint density at radius 1 is 1.90 bits per heavy atom. The Labute approximate surface area is 62.3 Å². The van der Waals surface area contributed by atoms with Crippen molar-refractivity contribution in [3.05, 3.63) is 16.6 Å². The van der Waals surface area contributed by atoms with E-state index in [0.29, 0.717) is 12.7 Å². The molecule has 0 aliphatic heterocycles. The molecular weight excluding hydrogens is 150 g/mol. The number of aldehydes is 1. The number of thiazole rings is 1. The van der Waals surface area contributed by atoms with Crippen LogP contribution in [-0.2, 0) is 11.2 Å². The minimum atomic E-state index is -0.875. The van der Waals surface area contributed by atoms with Gasteiger partial charge < -0.3 is 9.90 Å². The number of hydrogen-bond acceptors (Lipinski definition) is 4. The summed E-state index contributed by atoms with van der Waals surface area (Å²) in [7, 11) is 0. The average Bonchev–Trinajstić information content (AvgIpc) is 2.40. The second-order valence-electron chi connectivity index (χ2n) is 1.88. The number of aliphatic hydroxyl groups excluding tert-OH is 1. The van der Waals surface area contributed by atoms with Gasteiger partial charge in [0.15, 0.2) is 0 Å². The van der Waals surface area contributed by atoms with Crippen molar-refractivity contribution in [3.63, 3.8) is 0 Å². The summed E-state index contributed by atoms with van der Waals surface area (Å²) in [4.78, 5) is 14.7. The van der Waals surface area contributed by atoms with Gasteiger partial charge in [0.1, 0.15) is 12.4 Å². The Morgan fingerprint density at radius 2 is 2.70 bits per heavy atom. The normalized spacial score (nSPS) is 12.9. The lowest BCUT2D eigenvalue weighted by Crippen LogP contribution is -2.10. The van der Waals surface area contributed by atoms with Gasteiger partial charge in [-0.25, -0.2) is 0 Å². The summed E-state index contributed by atoms with van der Waals surface area (Å²) in [6.07, 6.45) is 1.69. The highest BCUT2D eigenvalue weighted by molar-refractivity contribution is 7.09. The second kappa shape index (κ2) is 3.43. The van der Waals surface area contributed by atoms with Gasteiger partial charge in [0, 0.05) is 17.5 Å². The molecule has 1 unspecified atom stereocenters. The predicted molar refractivity (Wildman–Crippen MR) is 37.9 cm³/mol. The third kappa shape index (κ3) is 1.89. The van der Waals surface area contributed by atoms with Gasteiger partial charge in [0.05, 0.1) is 5.51 Å². The lowest BCUT2D eigenvalue weighted by Gasteiger charge is -1.96. The molecule has 10 heavy (non-hydrogen) atoms. The highest BCUT2D eigenvalue weighted by Gasteiger charge is 2.03. The molecule has 0 aliphatic carbocycles. The van der Waals surface area contributed by atoms with Crippen molar-refractivity contribution in [1.82, 2.24) is 4.98 Å². The SMILES string of the molecule is O=CC(O)Cc1cncs1. The summed E-state index contributed by atoms with van der Waals surface area (Å²) >= 11 is 1.44. The Balaban J connectivity index is 2.47. The van der Waals surface area contributed by atoms with E-state index in [1.807, 2.05) is 0 Å². The second-order valence-corrected chi connectivity index (χ2v) is 2.85. The van der Waals surface area contributed by atoms with E-state index in [1.54, 1.807) is 11.7 Å². The van der Waals surface area contributed by atoms with Crippen molar-refractivity contribution in [2.45, 2.75) is 12.5 Å². The smallest absolute Gasteiger partial charge is 0.148 e. The lowest BCUT2D eigenvalue weighted by atomic mass is 10.2. The molecule has 1 rings (SSSR count). The molecule has 3 nitrogen and oxygen atoms in total. The van der Waals surface area contributed by atoms with Gasteiger partial charge in [-0.15, -0.1) is 11.3 Å². The number of aromatic nitrogens is 1. The van der Waals surface area contributed by atoms with E-state index in [9.17, 15) is 4.79 Å². The maximum Gasteiger partial charge on any atom is 0.148 e. The van der Waals surface area contributed by atoms with Crippen LogP contribution in [0.25, 0.3) is 0 Å². The molecule has 4 heteroatoms. The zero-order valence-corrected chi connectivity index (χ0v) is 6.04. The van der Waals surface area contributed by atoms with Crippen LogP contribution in [0, 0.1) is 0 Å². The summed E-state index contributed by atoms with van der Waals surface area (Å²) in [5.74, 6) is 0. The molecule has 0 bridgehead atoms. The highest BCUT2D eigenvalue weighted by atomic mass is 32.1. The first kappa shape index (κ1) is 7.37. The maximum atomic E-state index is 9.97. The van der Waals surface area contributed by atoms with E-state index in [-0.39, 0.29) is 0 Å². The monoisotopic (exact) mass is 157 g/mol. The number of hydrogen-bond donors (Lipinski definition) is 1. The van der Waals surface area contributed by atoms with E-state index in [4.69, 9.17) is 5.11 Å². The fourth-order valence-electron chi connectivity index (χ4n) is 0.597. The first-order valence-electron chi connectivity index (χ1n) is 2.83. The van der Waals surface area contributed by atoms with Crippen LogP contribution in [0.1, 0.15) is 4.88 Å². The zero-order chi connectivity index (χ0) is 7.40. The summed E-state index contributed by atoms with van der Waals surface area (Å²) in [6, 6.07) is 0. The van der Waals surface area contributed by atoms with E-state index >= 15 is 0 Å². The molecule has 0 radical (unpaired) electrons. The van der Waals surface area contributed by atoms with Crippen LogP contribution in [0.3, 0.4) is 0 Å².